The van der Waals surface area contributed by atoms with Crippen molar-refractivity contribution in [3.63, 3.8) is 0 Å². The molecule has 200 valence electrons. The van der Waals surface area contributed by atoms with Gasteiger partial charge in [-0.3, -0.25) is 4.79 Å². The van der Waals surface area contributed by atoms with E-state index in [4.69, 9.17) is 5.73 Å². The number of halogens is 1. The molecule has 4 aromatic heterocycles. The molecule has 0 atom stereocenters. The molecule has 0 aliphatic heterocycles. The Hall–Kier alpha value is -5.05. The highest BCUT2D eigenvalue weighted by Crippen LogP contribution is 2.36. The molecule has 0 aliphatic carbocycles. The summed E-state index contributed by atoms with van der Waals surface area (Å²) in [6.07, 6.45) is 7.00. The fraction of sp³-hybridized carbons (Fsp3) is 0.161. The van der Waals surface area contributed by atoms with Crippen molar-refractivity contribution in [2.24, 2.45) is 7.05 Å². The van der Waals surface area contributed by atoms with Crippen LogP contribution in [0.1, 0.15) is 25.5 Å². The van der Waals surface area contributed by atoms with Gasteiger partial charge in [-0.25, -0.2) is 19.3 Å². The van der Waals surface area contributed by atoms with E-state index in [1.807, 2.05) is 59.8 Å². The Morgan fingerprint density at radius 2 is 1.70 bits per heavy atom. The van der Waals surface area contributed by atoms with Crippen molar-refractivity contribution in [3.05, 3.63) is 95.1 Å². The van der Waals surface area contributed by atoms with Gasteiger partial charge < -0.3 is 20.2 Å². The Morgan fingerprint density at radius 3 is 2.42 bits per heavy atom. The average molecular weight is 534 g/mol. The van der Waals surface area contributed by atoms with Crippen LogP contribution >= 0.6 is 0 Å². The van der Waals surface area contributed by atoms with Gasteiger partial charge in [0.2, 0.25) is 5.43 Å². The zero-order valence-corrected chi connectivity index (χ0v) is 22.6. The summed E-state index contributed by atoms with van der Waals surface area (Å²) in [4.78, 5) is 27.0. The Bertz CT molecular complexity index is 1970. The Labute approximate surface area is 230 Å². The SMILES string of the molecule is Cc1cc(Nc2nccc3c2c(=O)c(-c2ccc(F)cc2)cn3C(C)C)ccc1-c1cn(C)c2ncnc(N)c12. The normalized spacial score (nSPS) is 11.6. The summed E-state index contributed by atoms with van der Waals surface area (Å²) in [5.41, 5.74) is 12.5. The van der Waals surface area contributed by atoms with Crippen LogP contribution in [0.25, 0.3) is 44.2 Å². The number of fused-ring (bicyclic) bond motifs is 2. The topological polar surface area (TPSA) is 104 Å². The third kappa shape index (κ3) is 4.16. The van der Waals surface area contributed by atoms with E-state index in [0.717, 1.165) is 38.9 Å². The fourth-order valence-corrected chi connectivity index (χ4v) is 5.27. The van der Waals surface area contributed by atoms with Gasteiger partial charge in [0.25, 0.3) is 0 Å². The molecule has 8 nitrogen and oxygen atoms in total. The van der Waals surface area contributed by atoms with Crippen molar-refractivity contribution >= 4 is 39.3 Å². The second kappa shape index (κ2) is 9.60. The van der Waals surface area contributed by atoms with Gasteiger partial charge in [0.05, 0.1) is 16.3 Å². The minimum absolute atomic E-state index is 0.0798. The molecule has 4 heterocycles. The number of aryl methyl sites for hydroxylation is 2. The van der Waals surface area contributed by atoms with Crippen molar-refractivity contribution in [1.29, 1.82) is 0 Å². The first-order valence-corrected chi connectivity index (χ1v) is 13.0. The summed E-state index contributed by atoms with van der Waals surface area (Å²) in [5, 5.41) is 4.66. The zero-order valence-electron chi connectivity index (χ0n) is 22.6. The van der Waals surface area contributed by atoms with Crippen molar-refractivity contribution in [1.82, 2.24) is 24.1 Å². The van der Waals surface area contributed by atoms with Crippen molar-refractivity contribution in [2.45, 2.75) is 26.8 Å². The highest BCUT2D eigenvalue weighted by molar-refractivity contribution is 6.01. The van der Waals surface area contributed by atoms with Crippen LogP contribution in [-0.2, 0) is 7.05 Å². The molecule has 2 aromatic carbocycles. The van der Waals surface area contributed by atoms with E-state index in [2.05, 4.69) is 34.1 Å². The lowest BCUT2D eigenvalue weighted by molar-refractivity contribution is 0.618. The van der Waals surface area contributed by atoms with Crippen molar-refractivity contribution in [3.8, 4) is 22.3 Å². The molecule has 40 heavy (non-hydrogen) atoms. The molecule has 0 saturated heterocycles. The summed E-state index contributed by atoms with van der Waals surface area (Å²) >= 11 is 0. The number of hydrogen-bond donors (Lipinski definition) is 2. The van der Waals surface area contributed by atoms with Gasteiger partial charge in [0.1, 0.15) is 29.4 Å². The number of nitrogen functional groups attached to an aromatic ring is 1. The molecule has 0 saturated carbocycles. The number of pyridine rings is 2. The number of nitrogens with two attached hydrogens (primary N) is 1. The minimum Gasteiger partial charge on any atom is -0.383 e. The number of aromatic nitrogens is 5. The lowest BCUT2D eigenvalue weighted by Gasteiger charge is -2.19. The van der Waals surface area contributed by atoms with Gasteiger partial charge in [-0.15, -0.1) is 0 Å². The third-order valence-electron chi connectivity index (χ3n) is 7.22. The average Bonchev–Trinajstić information content (AvgIpc) is 3.26. The molecule has 0 fully saturated rings. The predicted molar refractivity (Wildman–Crippen MR) is 158 cm³/mol. The summed E-state index contributed by atoms with van der Waals surface area (Å²) in [6.45, 7) is 6.13. The van der Waals surface area contributed by atoms with Crippen LogP contribution in [0.3, 0.4) is 0 Å². The van der Waals surface area contributed by atoms with Crippen LogP contribution in [0.4, 0.5) is 21.7 Å². The Kier molecular flexibility index (Phi) is 6.06. The second-order valence-electron chi connectivity index (χ2n) is 10.2. The van der Waals surface area contributed by atoms with E-state index in [9.17, 15) is 9.18 Å². The van der Waals surface area contributed by atoms with E-state index in [0.29, 0.717) is 28.1 Å². The van der Waals surface area contributed by atoms with E-state index in [1.54, 1.807) is 18.3 Å². The fourth-order valence-electron chi connectivity index (χ4n) is 5.27. The quantitative estimate of drug-likeness (QED) is 0.267. The molecular formula is C31H28FN7O. The number of hydrogen-bond acceptors (Lipinski definition) is 6. The molecule has 0 radical (unpaired) electrons. The van der Waals surface area contributed by atoms with Crippen LogP contribution in [-0.4, -0.2) is 24.1 Å². The molecule has 6 aromatic rings. The van der Waals surface area contributed by atoms with Gasteiger partial charge in [-0.2, -0.15) is 0 Å². The molecule has 0 bridgehead atoms. The molecule has 6 rings (SSSR count). The van der Waals surface area contributed by atoms with Gasteiger partial charge >= 0.3 is 0 Å². The van der Waals surface area contributed by atoms with E-state index < -0.39 is 0 Å². The van der Waals surface area contributed by atoms with Crippen LogP contribution in [0.5, 0.6) is 0 Å². The molecule has 9 heteroatoms. The van der Waals surface area contributed by atoms with Gasteiger partial charge in [-0.1, -0.05) is 18.2 Å². The lowest BCUT2D eigenvalue weighted by Crippen LogP contribution is -2.15. The highest BCUT2D eigenvalue weighted by Gasteiger charge is 2.18. The molecule has 3 N–H and O–H groups in total. The van der Waals surface area contributed by atoms with E-state index in [1.165, 1.54) is 18.5 Å². The van der Waals surface area contributed by atoms with Crippen LogP contribution in [0.15, 0.2) is 78.2 Å². The van der Waals surface area contributed by atoms with Crippen molar-refractivity contribution in [2.75, 3.05) is 11.1 Å². The van der Waals surface area contributed by atoms with Gasteiger partial charge in [-0.05, 0) is 67.8 Å². The van der Waals surface area contributed by atoms with Crippen molar-refractivity contribution < 1.29 is 4.39 Å². The number of rotatable bonds is 5. The largest absolute Gasteiger partial charge is 0.383 e. The first-order chi connectivity index (χ1) is 19.2. The maximum Gasteiger partial charge on any atom is 0.200 e. The van der Waals surface area contributed by atoms with Crippen LogP contribution in [0, 0.1) is 12.7 Å². The lowest BCUT2D eigenvalue weighted by atomic mass is 10.00. The molecule has 0 spiro atoms. The maximum absolute atomic E-state index is 13.9. The molecule has 0 amide bonds. The minimum atomic E-state index is -0.352. The van der Waals surface area contributed by atoms with Gasteiger partial charge in [0.15, 0.2) is 0 Å². The van der Waals surface area contributed by atoms with Crippen LogP contribution in [0.2, 0.25) is 0 Å². The summed E-state index contributed by atoms with van der Waals surface area (Å²) < 4.78 is 17.6. The van der Waals surface area contributed by atoms with E-state index >= 15 is 0 Å². The zero-order chi connectivity index (χ0) is 28.1. The van der Waals surface area contributed by atoms with E-state index in [-0.39, 0.29) is 17.3 Å². The number of benzene rings is 2. The standard InChI is InChI=1S/C31H28FN7O/c1-17(2)39-15-23(19-5-7-20(32)8-6-19)28(40)27-25(39)11-12-34-30(27)37-21-9-10-22(18(3)13-21)24-14-38(4)31-26(24)29(33)35-16-36-31/h5-17H,1-4H3,(H,34,37)(H2,33,35,36). The molecule has 0 aliphatic rings. The predicted octanol–water partition coefficient (Wildman–Crippen LogP) is 6.37. The Morgan fingerprint density at radius 1 is 0.925 bits per heavy atom. The number of nitrogens with one attached hydrogen (secondary N) is 1. The summed E-state index contributed by atoms with van der Waals surface area (Å²) in [5.74, 6) is 0.534. The van der Waals surface area contributed by atoms with Gasteiger partial charge in [0, 0.05) is 48.5 Å². The Balaban J connectivity index is 1.47. The maximum atomic E-state index is 13.9. The second-order valence-corrected chi connectivity index (χ2v) is 10.2. The summed E-state index contributed by atoms with van der Waals surface area (Å²) in [7, 11) is 1.93. The smallest absolute Gasteiger partial charge is 0.200 e. The first-order valence-electron chi connectivity index (χ1n) is 13.0. The first kappa shape index (κ1) is 25.2. The highest BCUT2D eigenvalue weighted by atomic mass is 19.1. The number of anilines is 3. The molecular weight excluding hydrogens is 505 g/mol. The molecule has 0 unspecified atom stereocenters. The van der Waals surface area contributed by atoms with Crippen LogP contribution < -0.4 is 16.5 Å². The third-order valence-corrected chi connectivity index (χ3v) is 7.22. The monoisotopic (exact) mass is 533 g/mol. The number of nitrogens with zero attached hydrogens (tertiary/aromatic N) is 5. The summed E-state index contributed by atoms with van der Waals surface area (Å²) in [6, 6.07) is 13.9.